The van der Waals surface area contributed by atoms with Gasteiger partial charge in [0.05, 0.1) is 5.56 Å². The van der Waals surface area contributed by atoms with E-state index in [1.165, 1.54) is 0 Å². The fraction of sp³-hybridized carbons (Fsp3) is 0.571. The predicted octanol–water partition coefficient (Wildman–Crippen LogP) is 2.46. The average Bonchev–Trinajstić information content (AvgIpc) is 2.47. The molecule has 0 aliphatic carbocycles. The smallest absolute Gasteiger partial charge is 0.319 e. The molecule has 1 heterocycles. The van der Waals surface area contributed by atoms with Gasteiger partial charge in [0.25, 0.3) is 0 Å². The van der Waals surface area contributed by atoms with Crippen LogP contribution in [0, 0.1) is 11.7 Å². The molecule has 9 heteroatoms. The minimum atomic E-state index is -4.73. The lowest BCUT2D eigenvalue weighted by Gasteiger charge is -2.32. The standard InChI is InChI=1S/C14H18F4N2O2S/c1-19-8-10-3-2-6-20(9-10)23(21,22)13-7-11(14(16,17)18)4-5-12(13)15/h4-5,7,10,19H,2-3,6,8-9H2,1H3/t10-/m1/s1. The molecule has 1 fully saturated rings. The first-order valence-electron chi connectivity index (χ1n) is 7.17. The quantitative estimate of drug-likeness (QED) is 0.845. The number of nitrogens with one attached hydrogen (secondary N) is 1. The van der Waals surface area contributed by atoms with Crippen LogP contribution >= 0.6 is 0 Å². The molecule has 4 nitrogen and oxygen atoms in total. The Kier molecular flexibility index (Phi) is 5.32. The molecule has 130 valence electrons. The van der Waals surface area contributed by atoms with Crippen LogP contribution in [0.1, 0.15) is 18.4 Å². The van der Waals surface area contributed by atoms with E-state index in [2.05, 4.69) is 5.32 Å². The third-order valence-corrected chi connectivity index (χ3v) is 5.73. The third kappa shape index (κ3) is 4.02. The van der Waals surface area contributed by atoms with Gasteiger partial charge >= 0.3 is 6.18 Å². The second kappa shape index (κ2) is 6.74. The molecule has 0 amide bonds. The van der Waals surface area contributed by atoms with Gasteiger partial charge in [0.15, 0.2) is 0 Å². The lowest BCUT2D eigenvalue weighted by atomic mass is 10.00. The number of halogens is 4. The highest BCUT2D eigenvalue weighted by Gasteiger charge is 2.36. The molecule has 0 spiro atoms. The summed E-state index contributed by atoms with van der Waals surface area (Å²) in [5, 5.41) is 2.95. The maximum Gasteiger partial charge on any atom is 0.416 e. The first-order chi connectivity index (χ1) is 10.7. The van der Waals surface area contributed by atoms with Crippen molar-refractivity contribution < 1.29 is 26.0 Å². The van der Waals surface area contributed by atoms with Gasteiger partial charge in [-0.05, 0) is 50.6 Å². The van der Waals surface area contributed by atoms with Crippen LogP contribution in [0.2, 0.25) is 0 Å². The molecule has 23 heavy (non-hydrogen) atoms. The molecular formula is C14H18F4N2O2S. The zero-order valence-corrected chi connectivity index (χ0v) is 13.3. The van der Waals surface area contributed by atoms with Crippen LogP contribution in [0.4, 0.5) is 17.6 Å². The number of nitrogens with zero attached hydrogens (tertiary/aromatic N) is 1. The van der Waals surface area contributed by atoms with Crippen LogP contribution in [0.3, 0.4) is 0 Å². The van der Waals surface area contributed by atoms with Gasteiger partial charge < -0.3 is 5.32 Å². The number of piperidine rings is 1. The van der Waals surface area contributed by atoms with Crippen molar-refractivity contribution in [3.8, 4) is 0 Å². The highest BCUT2D eigenvalue weighted by Crippen LogP contribution is 2.33. The van der Waals surface area contributed by atoms with E-state index in [0.717, 1.165) is 10.7 Å². The van der Waals surface area contributed by atoms with Gasteiger partial charge in [0, 0.05) is 13.1 Å². The van der Waals surface area contributed by atoms with E-state index in [-0.39, 0.29) is 19.0 Å². The Labute approximate surface area is 132 Å². The van der Waals surface area contributed by atoms with Gasteiger partial charge in [-0.3, -0.25) is 0 Å². The summed E-state index contributed by atoms with van der Waals surface area (Å²) in [5.41, 5.74) is -1.18. The van der Waals surface area contributed by atoms with Crippen LogP contribution in [0.15, 0.2) is 23.1 Å². The van der Waals surface area contributed by atoms with Gasteiger partial charge in [0.2, 0.25) is 10.0 Å². The van der Waals surface area contributed by atoms with E-state index >= 15 is 0 Å². The number of sulfonamides is 1. The monoisotopic (exact) mass is 354 g/mol. The van der Waals surface area contributed by atoms with Gasteiger partial charge in [-0.1, -0.05) is 0 Å². The van der Waals surface area contributed by atoms with E-state index in [9.17, 15) is 26.0 Å². The fourth-order valence-electron chi connectivity index (χ4n) is 2.72. The minimum absolute atomic E-state index is 0.0531. The summed E-state index contributed by atoms with van der Waals surface area (Å²) < 4.78 is 78.3. The normalized spacial score (nSPS) is 20.7. The Morgan fingerprint density at radius 1 is 1.35 bits per heavy atom. The summed E-state index contributed by atoms with van der Waals surface area (Å²) in [6.07, 6.45) is -3.32. The summed E-state index contributed by atoms with van der Waals surface area (Å²) >= 11 is 0. The highest BCUT2D eigenvalue weighted by molar-refractivity contribution is 7.89. The number of benzene rings is 1. The van der Waals surface area contributed by atoms with Gasteiger partial charge in [-0.25, -0.2) is 12.8 Å². The Balaban J connectivity index is 2.35. The maximum absolute atomic E-state index is 13.9. The van der Waals surface area contributed by atoms with Gasteiger partial charge in [-0.15, -0.1) is 0 Å². The van der Waals surface area contributed by atoms with E-state index in [0.29, 0.717) is 31.2 Å². The van der Waals surface area contributed by atoms with Crippen molar-refractivity contribution in [2.45, 2.75) is 23.9 Å². The molecule has 1 saturated heterocycles. The summed E-state index contributed by atoms with van der Waals surface area (Å²) in [6.45, 7) is 0.939. The fourth-order valence-corrected chi connectivity index (χ4v) is 4.36. The summed E-state index contributed by atoms with van der Waals surface area (Å²) in [5.74, 6) is -1.12. The number of rotatable bonds is 4. The predicted molar refractivity (Wildman–Crippen MR) is 76.8 cm³/mol. The van der Waals surface area contributed by atoms with Gasteiger partial charge in [0.1, 0.15) is 10.7 Å². The topological polar surface area (TPSA) is 49.4 Å². The van der Waals surface area contributed by atoms with Crippen LogP contribution < -0.4 is 5.32 Å². The van der Waals surface area contributed by atoms with E-state index < -0.39 is 32.5 Å². The molecule has 0 unspecified atom stereocenters. The summed E-state index contributed by atoms with van der Waals surface area (Å²) in [4.78, 5) is -0.919. The Bertz CT molecular complexity index is 659. The average molecular weight is 354 g/mol. The molecule has 1 atom stereocenters. The number of hydrogen-bond acceptors (Lipinski definition) is 3. The van der Waals surface area contributed by atoms with Crippen molar-refractivity contribution in [2.75, 3.05) is 26.7 Å². The number of hydrogen-bond donors (Lipinski definition) is 1. The Hall–Kier alpha value is -1.19. The molecule has 1 aromatic rings. The van der Waals surface area contributed by atoms with E-state index in [1.807, 2.05) is 0 Å². The largest absolute Gasteiger partial charge is 0.416 e. The molecule has 0 bridgehead atoms. The van der Waals surface area contributed by atoms with Crippen molar-refractivity contribution in [1.82, 2.24) is 9.62 Å². The molecular weight excluding hydrogens is 336 g/mol. The summed E-state index contributed by atoms with van der Waals surface area (Å²) in [7, 11) is -2.56. The van der Waals surface area contributed by atoms with Crippen LogP contribution in [-0.4, -0.2) is 39.4 Å². The number of alkyl halides is 3. The van der Waals surface area contributed by atoms with Crippen molar-refractivity contribution in [2.24, 2.45) is 5.92 Å². The first kappa shape index (κ1) is 18.2. The van der Waals surface area contributed by atoms with Crippen LogP contribution in [-0.2, 0) is 16.2 Å². The second-order valence-electron chi connectivity index (χ2n) is 5.57. The maximum atomic E-state index is 13.9. The molecule has 1 N–H and O–H groups in total. The molecule has 0 saturated carbocycles. The lowest BCUT2D eigenvalue weighted by molar-refractivity contribution is -0.137. The van der Waals surface area contributed by atoms with Crippen molar-refractivity contribution >= 4 is 10.0 Å². The van der Waals surface area contributed by atoms with Crippen molar-refractivity contribution in [3.63, 3.8) is 0 Å². The highest BCUT2D eigenvalue weighted by atomic mass is 32.2. The van der Waals surface area contributed by atoms with Crippen LogP contribution in [0.25, 0.3) is 0 Å². The minimum Gasteiger partial charge on any atom is -0.319 e. The van der Waals surface area contributed by atoms with Crippen LogP contribution in [0.5, 0.6) is 0 Å². The molecule has 1 aliphatic heterocycles. The van der Waals surface area contributed by atoms with Crippen molar-refractivity contribution in [3.05, 3.63) is 29.6 Å². The zero-order chi connectivity index (χ0) is 17.3. The zero-order valence-electron chi connectivity index (χ0n) is 12.5. The SMILES string of the molecule is CNC[C@H]1CCCN(S(=O)(=O)c2cc(C(F)(F)F)ccc2F)C1. The molecule has 0 aromatic heterocycles. The molecule has 2 rings (SSSR count). The third-order valence-electron chi connectivity index (χ3n) is 3.85. The first-order valence-corrected chi connectivity index (χ1v) is 8.61. The second-order valence-corrected chi connectivity index (χ2v) is 7.48. The van der Waals surface area contributed by atoms with Crippen molar-refractivity contribution in [1.29, 1.82) is 0 Å². The van der Waals surface area contributed by atoms with Gasteiger partial charge in [-0.2, -0.15) is 17.5 Å². The Morgan fingerprint density at radius 2 is 2.04 bits per heavy atom. The van der Waals surface area contributed by atoms with E-state index in [4.69, 9.17) is 0 Å². The molecule has 1 aromatic carbocycles. The lowest BCUT2D eigenvalue weighted by Crippen LogP contribution is -2.42. The van der Waals surface area contributed by atoms with E-state index in [1.54, 1.807) is 7.05 Å². The summed E-state index contributed by atoms with van der Waals surface area (Å²) in [6, 6.07) is 1.45. The Morgan fingerprint density at radius 3 is 2.65 bits per heavy atom. The molecule has 0 radical (unpaired) electrons. The molecule has 1 aliphatic rings.